The zero-order valence-corrected chi connectivity index (χ0v) is 11.3. The van der Waals surface area contributed by atoms with Gasteiger partial charge in [0.2, 0.25) is 0 Å². The van der Waals surface area contributed by atoms with Gasteiger partial charge in [0.25, 0.3) is 0 Å². The molecule has 1 rings (SSSR count). The molecular formula is C13H21ClN2. The molecular weight excluding hydrogens is 220 g/mol. The maximum absolute atomic E-state index is 6.22. The molecule has 0 fully saturated rings. The second-order valence-electron chi connectivity index (χ2n) is 4.58. The Balaban J connectivity index is 2.79. The van der Waals surface area contributed by atoms with E-state index in [0.717, 1.165) is 23.7 Å². The lowest BCUT2D eigenvalue weighted by atomic mass is 10.1. The number of hydrogen-bond donors (Lipinski definition) is 1. The molecule has 0 bridgehead atoms. The van der Waals surface area contributed by atoms with Crippen molar-refractivity contribution in [1.29, 1.82) is 0 Å². The average Bonchev–Trinajstić information content (AvgIpc) is 2.20. The zero-order chi connectivity index (χ0) is 12.1. The van der Waals surface area contributed by atoms with Gasteiger partial charge in [0.1, 0.15) is 0 Å². The highest BCUT2D eigenvalue weighted by Crippen LogP contribution is 2.23. The molecule has 0 heterocycles. The summed E-state index contributed by atoms with van der Waals surface area (Å²) in [6.07, 6.45) is 0. The third kappa shape index (κ3) is 3.69. The number of nitrogens with one attached hydrogen (secondary N) is 1. The van der Waals surface area contributed by atoms with Crippen molar-refractivity contribution in [2.24, 2.45) is 5.92 Å². The van der Waals surface area contributed by atoms with E-state index in [2.05, 4.69) is 43.2 Å². The molecule has 0 aliphatic heterocycles. The molecule has 1 aromatic carbocycles. The van der Waals surface area contributed by atoms with Crippen LogP contribution in [-0.2, 0) is 6.54 Å². The number of benzene rings is 1. The number of rotatable bonds is 5. The van der Waals surface area contributed by atoms with Crippen LogP contribution in [0.4, 0.5) is 5.69 Å². The maximum atomic E-state index is 6.22. The number of nitrogens with zero attached hydrogens (tertiary/aromatic N) is 1. The van der Waals surface area contributed by atoms with Gasteiger partial charge in [-0.25, -0.2) is 0 Å². The molecule has 0 unspecified atom stereocenters. The van der Waals surface area contributed by atoms with E-state index >= 15 is 0 Å². The Hall–Kier alpha value is -0.730. The molecule has 1 aromatic rings. The Bertz CT molecular complexity index is 337. The highest BCUT2D eigenvalue weighted by molar-refractivity contribution is 6.31. The quantitative estimate of drug-likeness (QED) is 0.851. The van der Waals surface area contributed by atoms with Gasteiger partial charge in [0, 0.05) is 30.8 Å². The van der Waals surface area contributed by atoms with Crippen molar-refractivity contribution < 1.29 is 0 Å². The smallest absolute Gasteiger partial charge is 0.0471 e. The zero-order valence-electron chi connectivity index (χ0n) is 10.5. The lowest BCUT2D eigenvalue weighted by Crippen LogP contribution is -2.22. The summed E-state index contributed by atoms with van der Waals surface area (Å²) in [6.45, 7) is 6.29. The Morgan fingerprint density at radius 1 is 1.38 bits per heavy atom. The molecule has 1 N–H and O–H groups in total. The first-order valence-corrected chi connectivity index (χ1v) is 6.06. The molecule has 0 aliphatic rings. The topological polar surface area (TPSA) is 15.3 Å². The second-order valence-corrected chi connectivity index (χ2v) is 4.99. The van der Waals surface area contributed by atoms with Gasteiger partial charge in [-0.15, -0.1) is 0 Å². The molecule has 90 valence electrons. The van der Waals surface area contributed by atoms with Gasteiger partial charge in [-0.05, 0) is 30.7 Å². The standard InChI is InChI=1S/C13H21ClN2/c1-10(2)9-16(4)12-6-5-11(8-15-3)13(14)7-12/h5-7,10,15H,8-9H2,1-4H3. The molecule has 0 aliphatic carbocycles. The summed E-state index contributed by atoms with van der Waals surface area (Å²) in [7, 11) is 4.03. The van der Waals surface area contributed by atoms with Crippen molar-refractivity contribution in [1.82, 2.24) is 5.32 Å². The van der Waals surface area contributed by atoms with Crippen LogP contribution in [0.25, 0.3) is 0 Å². The van der Waals surface area contributed by atoms with Crippen molar-refractivity contribution in [2.75, 3.05) is 25.5 Å². The van der Waals surface area contributed by atoms with Crippen LogP contribution in [0.3, 0.4) is 0 Å². The number of anilines is 1. The minimum atomic E-state index is 0.653. The van der Waals surface area contributed by atoms with Crippen molar-refractivity contribution >= 4 is 17.3 Å². The first kappa shape index (κ1) is 13.3. The van der Waals surface area contributed by atoms with Gasteiger partial charge in [0.15, 0.2) is 0 Å². The molecule has 0 saturated carbocycles. The Labute approximate surface area is 104 Å². The van der Waals surface area contributed by atoms with E-state index in [9.17, 15) is 0 Å². The van der Waals surface area contributed by atoms with Crippen molar-refractivity contribution in [3.63, 3.8) is 0 Å². The van der Waals surface area contributed by atoms with Crippen LogP contribution < -0.4 is 10.2 Å². The molecule has 3 heteroatoms. The van der Waals surface area contributed by atoms with Crippen molar-refractivity contribution in [3.8, 4) is 0 Å². The van der Waals surface area contributed by atoms with Crippen LogP contribution in [0.5, 0.6) is 0 Å². The molecule has 0 atom stereocenters. The number of halogens is 1. The van der Waals surface area contributed by atoms with Crippen LogP contribution in [-0.4, -0.2) is 20.6 Å². The van der Waals surface area contributed by atoms with E-state index in [1.54, 1.807) is 0 Å². The molecule has 0 saturated heterocycles. The molecule has 16 heavy (non-hydrogen) atoms. The van der Waals surface area contributed by atoms with Crippen LogP contribution in [0.1, 0.15) is 19.4 Å². The predicted molar refractivity (Wildman–Crippen MR) is 72.3 cm³/mol. The highest BCUT2D eigenvalue weighted by atomic mass is 35.5. The van der Waals surface area contributed by atoms with Gasteiger partial charge in [0.05, 0.1) is 0 Å². The second kappa shape index (κ2) is 6.12. The lowest BCUT2D eigenvalue weighted by molar-refractivity contribution is 0.638. The van der Waals surface area contributed by atoms with Gasteiger partial charge in [-0.1, -0.05) is 31.5 Å². The van der Waals surface area contributed by atoms with Gasteiger partial charge < -0.3 is 10.2 Å². The first-order chi connectivity index (χ1) is 7.54. The summed E-state index contributed by atoms with van der Waals surface area (Å²) in [4.78, 5) is 2.24. The summed E-state index contributed by atoms with van der Waals surface area (Å²) in [5, 5.41) is 3.94. The number of hydrogen-bond acceptors (Lipinski definition) is 2. The van der Waals surface area contributed by atoms with Crippen molar-refractivity contribution in [2.45, 2.75) is 20.4 Å². The summed E-state index contributed by atoms with van der Waals surface area (Å²) >= 11 is 6.22. The van der Waals surface area contributed by atoms with E-state index in [-0.39, 0.29) is 0 Å². The summed E-state index contributed by atoms with van der Waals surface area (Å²) in [5.74, 6) is 0.653. The van der Waals surface area contributed by atoms with E-state index in [1.807, 2.05) is 13.1 Å². The summed E-state index contributed by atoms with van der Waals surface area (Å²) in [6, 6.07) is 6.25. The minimum Gasteiger partial charge on any atom is -0.374 e. The van der Waals surface area contributed by atoms with Gasteiger partial charge >= 0.3 is 0 Å². The van der Waals surface area contributed by atoms with E-state index in [1.165, 1.54) is 5.69 Å². The molecule has 0 spiro atoms. The summed E-state index contributed by atoms with van der Waals surface area (Å²) < 4.78 is 0. The van der Waals surface area contributed by atoms with Crippen LogP contribution in [0.15, 0.2) is 18.2 Å². The van der Waals surface area contributed by atoms with E-state index in [0.29, 0.717) is 5.92 Å². The molecule has 0 amide bonds. The van der Waals surface area contributed by atoms with Gasteiger partial charge in [-0.2, -0.15) is 0 Å². The minimum absolute atomic E-state index is 0.653. The lowest BCUT2D eigenvalue weighted by Gasteiger charge is -2.22. The third-order valence-corrected chi connectivity index (χ3v) is 2.84. The summed E-state index contributed by atoms with van der Waals surface area (Å²) in [5.41, 5.74) is 2.32. The average molecular weight is 241 g/mol. The normalized spacial score (nSPS) is 10.9. The largest absolute Gasteiger partial charge is 0.374 e. The highest BCUT2D eigenvalue weighted by Gasteiger charge is 2.06. The maximum Gasteiger partial charge on any atom is 0.0471 e. The monoisotopic (exact) mass is 240 g/mol. The Morgan fingerprint density at radius 3 is 2.56 bits per heavy atom. The Kier molecular flexibility index (Phi) is 5.10. The van der Waals surface area contributed by atoms with Crippen LogP contribution in [0.2, 0.25) is 5.02 Å². The predicted octanol–water partition coefficient (Wildman–Crippen LogP) is 3.15. The SMILES string of the molecule is CNCc1ccc(N(C)CC(C)C)cc1Cl. The van der Waals surface area contributed by atoms with Crippen molar-refractivity contribution in [3.05, 3.63) is 28.8 Å². The first-order valence-electron chi connectivity index (χ1n) is 5.68. The Morgan fingerprint density at radius 2 is 2.06 bits per heavy atom. The fourth-order valence-electron chi connectivity index (χ4n) is 1.76. The fraction of sp³-hybridized carbons (Fsp3) is 0.538. The molecule has 0 aromatic heterocycles. The molecule has 2 nitrogen and oxygen atoms in total. The van der Waals surface area contributed by atoms with Crippen LogP contribution in [0, 0.1) is 5.92 Å². The third-order valence-electron chi connectivity index (χ3n) is 2.48. The van der Waals surface area contributed by atoms with Crippen LogP contribution >= 0.6 is 11.6 Å². The van der Waals surface area contributed by atoms with E-state index in [4.69, 9.17) is 11.6 Å². The van der Waals surface area contributed by atoms with Gasteiger partial charge in [-0.3, -0.25) is 0 Å². The molecule has 0 radical (unpaired) electrons. The van der Waals surface area contributed by atoms with E-state index < -0.39 is 0 Å². The fourth-order valence-corrected chi connectivity index (χ4v) is 2.00.